The molecule has 1 aromatic rings. The van der Waals surface area contributed by atoms with Gasteiger partial charge >= 0.3 is 0 Å². The van der Waals surface area contributed by atoms with E-state index in [0.29, 0.717) is 0 Å². The fraction of sp³-hybridized carbons (Fsp3) is 0.333. The van der Waals surface area contributed by atoms with Crippen molar-refractivity contribution in [2.45, 2.75) is 20.3 Å². The van der Waals surface area contributed by atoms with Crippen molar-refractivity contribution in [1.82, 2.24) is 0 Å². The summed E-state index contributed by atoms with van der Waals surface area (Å²) in [6, 6.07) is 2.02. The average Bonchev–Trinajstić information content (AvgIpc) is 2.55. The molecule has 0 bridgehead atoms. The second-order valence-corrected chi connectivity index (χ2v) is 4.11. The summed E-state index contributed by atoms with van der Waals surface area (Å²) in [6.07, 6.45) is 11.1. The molecule has 1 heteroatoms. The minimum atomic E-state index is 0.235. The Morgan fingerprint density at radius 3 is 2.85 bits per heavy atom. The van der Waals surface area contributed by atoms with E-state index in [1.165, 1.54) is 11.1 Å². The van der Waals surface area contributed by atoms with Gasteiger partial charge in [-0.2, -0.15) is 0 Å². The number of rotatable bonds is 1. The lowest BCUT2D eigenvalue weighted by Gasteiger charge is -2.28. The molecule has 0 saturated heterocycles. The van der Waals surface area contributed by atoms with Crippen LogP contribution in [0.1, 0.15) is 25.8 Å². The van der Waals surface area contributed by atoms with Crippen molar-refractivity contribution in [3.05, 3.63) is 42.4 Å². The zero-order valence-corrected chi connectivity index (χ0v) is 8.08. The van der Waals surface area contributed by atoms with Gasteiger partial charge in [-0.15, -0.1) is 0 Å². The quantitative estimate of drug-likeness (QED) is 0.633. The van der Waals surface area contributed by atoms with E-state index < -0.39 is 0 Å². The van der Waals surface area contributed by atoms with Gasteiger partial charge in [0, 0.05) is 5.56 Å². The van der Waals surface area contributed by atoms with Crippen molar-refractivity contribution in [1.29, 1.82) is 0 Å². The Hall–Kier alpha value is -1.24. The molecule has 1 nitrogen and oxygen atoms in total. The topological polar surface area (TPSA) is 13.1 Å². The molecule has 13 heavy (non-hydrogen) atoms. The van der Waals surface area contributed by atoms with Crippen LogP contribution in [-0.2, 0) is 0 Å². The fourth-order valence-corrected chi connectivity index (χ4v) is 1.77. The minimum Gasteiger partial charge on any atom is -0.472 e. The highest BCUT2D eigenvalue weighted by Crippen LogP contribution is 2.40. The molecule has 0 N–H and O–H groups in total. The van der Waals surface area contributed by atoms with E-state index in [0.717, 1.165) is 6.42 Å². The highest BCUT2D eigenvalue weighted by molar-refractivity contribution is 5.71. The van der Waals surface area contributed by atoms with Crippen LogP contribution < -0.4 is 0 Å². The molecular weight excluding hydrogens is 160 g/mol. The Kier molecular flexibility index (Phi) is 1.87. The van der Waals surface area contributed by atoms with Crippen LogP contribution in [0.5, 0.6) is 0 Å². The van der Waals surface area contributed by atoms with Gasteiger partial charge in [-0.1, -0.05) is 32.1 Å². The predicted molar refractivity (Wildman–Crippen MR) is 54.2 cm³/mol. The van der Waals surface area contributed by atoms with E-state index in [9.17, 15) is 0 Å². The highest BCUT2D eigenvalue weighted by atomic mass is 16.3. The Balaban J connectivity index is 2.42. The summed E-state index contributed by atoms with van der Waals surface area (Å²) in [7, 11) is 0. The molecule has 0 unspecified atom stereocenters. The van der Waals surface area contributed by atoms with Gasteiger partial charge < -0.3 is 4.42 Å². The molecule has 0 saturated carbocycles. The first-order valence-corrected chi connectivity index (χ1v) is 4.60. The van der Waals surface area contributed by atoms with Crippen LogP contribution in [-0.4, -0.2) is 0 Å². The summed E-state index contributed by atoms with van der Waals surface area (Å²) in [4.78, 5) is 0. The Bertz CT molecular complexity index is 339. The monoisotopic (exact) mass is 174 g/mol. The zero-order valence-electron chi connectivity index (χ0n) is 8.08. The maximum Gasteiger partial charge on any atom is 0.0977 e. The lowest BCUT2D eigenvalue weighted by atomic mass is 9.76. The van der Waals surface area contributed by atoms with Gasteiger partial charge in [0.15, 0.2) is 0 Å². The van der Waals surface area contributed by atoms with Crippen LogP contribution in [0.15, 0.2) is 41.2 Å². The SMILES string of the molecule is CC1(C)CC=CC=C1c1ccoc1. The van der Waals surface area contributed by atoms with Gasteiger partial charge in [-0.3, -0.25) is 0 Å². The molecule has 0 aromatic carbocycles. The molecule has 1 aromatic heterocycles. The van der Waals surface area contributed by atoms with Gasteiger partial charge in [0.25, 0.3) is 0 Å². The van der Waals surface area contributed by atoms with Gasteiger partial charge in [-0.25, -0.2) is 0 Å². The molecule has 68 valence electrons. The lowest BCUT2D eigenvalue weighted by molar-refractivity contribution is 0.503. The van der Waals surface area contributed by atoms with E-state index in [-0.39, 0.29) is 5.41 Å². The van der Waals surface area contributed by atoms with Crippen LogP contribution in [0.4, 0.5) is 0 Å². The largest absolute Gasteiger partial charge is 0.472 e. The zero-order chi connectivity index (χ0) is 9.31. The molecule has 0 amide bonds. The van der Waals surface area contributed by atoms with Crippen molar-refractivity contribution in [3.8, 4) is 0 Å². The van der Waals surface area contributed by atoms with E-state index in [1.807, 2.05) is 12.3 Å². The second-order valence-electron chi connectivity index (χ2n) is 4.11. The third-order valence-electron chi connectivity index (χ3n) is 2.59. The van der Waals surface area contributed by atoms with Crippen LogP contribution in [0.3, 0.4) is 0 Å². The second kappa shape index (κ2) is 2.91. The summed E-state index contributed by atoms with van der Waals surface area (Å²) < 4.78 is 5.10. The van der Waals surface area contributed by atoms with E-state index >= 15 is 0 Å². The Morgan fingerprint density at radius 1 is 1.38 bits per heavy atom. The summed E-state index contributed by atoms with van der Waals surface area (Å²) in [6.45, 7) is 4.52. The van der Waals surface area contributed by atoms with Crippen LogP contribution in [0.2, 0.25) is 0 Å². The molecule has 0 radical (unpaired) electrons. The average molecular weight is 174 g/mol. The smallest absolute Gasteiger partial charge is 0.0977 e. The maximum atomic E-state index is 5.10. The Morgan fingerprint density at radius 2 is 2.23 bits per heavy atom. The molecule has 0 spiro atoms. The molecule has 1 aliphatic rings. The molecule has 0 fully saturated rings. The number of allylic oxidation sites excluding steroid dienone is 4. The highest BCUT2D eigenvalue weighted by Gasteiger charge is 2.24. The maximum absolute atomic E-state index is 5.10. The first-order valence-electron chi connectivity index (χ1n) is 4.60. The van der Waals surface area contributed by atoms with Crippen molar-refractivity contribution in [2.75, 3.05) is 0 Å². The number of hydrogen-bond acceptors (Lipinski definition) is 1. The first-order chi connectivity index (χ1) is 6.20. The van der Waals surface area contributed by atoms with Crippen molar-refractivity contribution in [3.63, 3.8) is 0 Å². The summed E-state index contributed by atoms with van der Waals surface area (Å²) in [5.41, 5.74) is 2.80. The Labute approximate surface area is 78.8 Å². The molecule has 0 atom stereocenters. The standard InChI is InChI=1S/C12H14O/c1-12(2)7-4-3-5-11(12)10-6-8-13-9-10/h3-6,8-9H,7H2,1-2H3. The lowest BCUT2D eigenvalue weighted by Crippen LogP contribution is -2.14. The van der Waals surface area contributed by atoms with Crippen molar-refractivity contribution in [2.24, 2.45) is 5.41 Å². The predicted octanol–water partition coefficient (Wildman–Crippen LogP) is 3.65. The fourth-order valence-electron chi connectivity index (χ4n) is 1.77. The van der Waals surface area contributed by atoms with Crippen LogP contribution in [0, 0.1) is 5.41 Å². The molecule has 1 heterocycles. The summed E-state index contributed by atoms with van der Waals surface area (Å²) in [5.74, 6) is 0. The number of furan rings is 1. The van der Waals surface area contributed by atoms with Crippen LogP contribution >= 0.6 is 0 Å². The van der Waals surface area contributed by atoms with E-state index in [2.05, 4.69) is 32.1 Å². The van der Waals surface area contributed by atoms with E-state index in [1.54, 1.807) is 6.26 Å². The van der Waals surface area contributed by atoms with Gasteiger partial charge in [0.1, 0.15) is 0 Å². The molecule has 0 aliphatic heterocycles. The normalized spacial score (nSPS) is 20.0. The molecular formula is C12H14O. The number of hydrogen-bond donors (Lipinski definition) is 0. The van der Waals surface area contributed by atoms with Gasteiger partial charge in [0.05, 0.1) is 12.5 Å². The van der Waals surface area contributed by atoms with Gasteiger partial charge in [0.2, 0.25) is 0 Å². The van der Waals surface area contributed by atoms with Gasteiger partial charge in [-0.05, 0) is 23.5 Å². The van der Waals surface area contributed by atoms with Crippen molar-refractivity contribution < 1.29 is 4.42 Å². The molecule has 2 rings (SSSR count). The minimum absolute atomic E-state index is 0.235. The van der Waals surface area contributed by atoms with E-state index in [4.69, 9.17) is 4.42 Å². The third kappa shape index (κ3) is 1.46. The summed E-state index contributed by atoms with van der Waals surface area (Å²) >= 11 is 0. The third-order valence-corrected chi connectivity index (χ3v) is 2.59. The van der Waals surface area contributed by atoms with Crippen molar-refractivity contribution >= 4 is 5.57 Å². The molecule has 1 aliphatic carbocycles. The summed E-state index contributed by atoms with van der Waals surface area (Å²) in [5, 5.41) is 0. The first kappa shape index (κ1) is 8.36. The van der Waals surface area contributed by atoms with Crippen LogP contribution in [0.25, 0.3) is 5.57 Å².